The highest BCUT2D eigenvalue weighted by Crippen LogP contribution is 2.49. The van der Waals surface area contributed by atoms with E-state index in [1.807, 2.05) is 0 Å². The second-order valence-corrected chi connectivity index (χ2v) is 10.8. The maximum Gasteiger partial charge on any atom is 0.252 e. The summed E-state index contributed by atoms with van der Waals surface area (Å²) in [5.74, 6) is -6.68. The first-order valence-corrected chi connectivity index (χ1v) is 12.2. The lowest BCUT2D eigenvalue weighted by atomic mass is 10.2. The molecule has 1 aliphatic carbocycles. The van der Waals surface area contributed by atoms with Gasteiger partial charge in [-0.15, -0.1) is 0 Å². The van der Waals surface area contributed by atoms with E-state index in [2.05, 4.69) is 4.98 Å². The molecule has 164 valence electrons. The van der Waals surface area contributed by atoms with Crippen molar-refractivity contribution in [3.05, 3.63) is 34.9 Å². The van der Waals surface area contributed by atoms with Crippen LogP contribution >= 0.6 is 22.9 Å². The van der Waals surface area contributed by atoms with Crippen LogP contribution in [0.25, 0.3) is 10.6 Å². The van der Waals surface area contributed by atoms with Crippen LogP contribution in [0.15, 0.2) is 24.5 Å². The summed E-state index contributed by atoms with van der Waals surface area (Å²) in [5, 5.41) is 12.3. The molecule has 2 aromatic heterocycles. The first kappa shape index (κ1) is 22.8. The third-order valence-corrected chi connectivity index (χ3v) is 8.18. The number of nitrogens with zero attached hydrogens (tertiary/aromatic N) is 3. The van der Waals surface area contributed by atoms with Crippen LogP contribution in [0.4, 0.5) is 13.8 Å². The van der Waals surface area contributed by atoms with Crippen molar-refractivity contribution >= 4 is 43.7 Å². The lowest BCUT2D eigenvalue weighted by Crippen LogP contribution is -2.38. The summed E-state index contributed by atoms with van der Waals surface area (Å²) in [5.41, 5.74) is 0.523. The predicted octanol–water partition coefficient (Wildman–Crippen LogP) is 3.16. The normalized spacial score (nSPS) is 18.8. The maximum atomic E-state index is 13.1. The molecule has 7 nitrogen and oxygen atoms in total. The molecule has 0 spiro atoms. The Morgan fingerprint density at radius 2 is 2.20 bits per heavy atom. The fourth-order valence-electron chi connectivity index (χ4n) is 3.11. The highest BCUT2D eigenvalue weighted by Gasteiger charge is 2.58. The van der Waals surface area contributed by atoms with Crippen LogP contribution in [0, 0.1) is 17.0 Å². The quantitative estimate of drug-likeness (QED) is 0.428. The molecule has 0 saturated heterocycles. The Balaban J connectivity index is 1.76. The molecule has 12 heteroatoms. The number of aromatic nitrogens is 2. The number of hydrogen-bond donors (Lipinski definition) is 0. The smallest absolute Gasteiger partial charge is 0.252 e. The molecule has 2 atom stereocenters. The van der Waals surface area contributed by atoms with Gasteiger partial charge in [0.1, 0.15) is 10.0 Å². The summed E-state index contributed by atoms with van der Waals surface area (Å²) in [4.78, 5) is 18.4. The molecule has 1 amide bonds. The molecule has 0 bridgehead atoms. The van der Waals surface area contributed by atoms with E-state index >= 15 is 0 Å². The molecule has 1 saturated carbocycles. The van der Waals surface area contributed by atoms with Gasteiger partial charge in [-0.25, -0.2) is 22.2 Å². The Labute approximate surface area is 181 Å². The minimum atomic E-state index is -3.82. The van der Waals surface area contributed by atoms with E-state index in [-0.39, 0.29) is 11.7 Å². The molecule has 0 aliphatic heterocycles. The van der Waals surface area contributed by atoms with Crippen LogP contribution in [0.5, 0.6) is 0 Å². The van der Waals surface area contributed by atoms with Gasteiger partial charge in [-0.1, -0.05) is 29.9 Å². The van der Waals surface area contributed by atoms with E-state index in [4.69, 9.17) is 11.6 Å². The van der Waals surface area contributed by atoms with E-state index in [9.17, 15) is 27.2 Å². The third-order valence-electron chi connectivity index (χ3n) is 4.76. The molecule has 2 aromatic rings. The zero-order valence-corrected chi connectivity index (χ0v) is 18.6. The van der Waals surface area contributed by atoms with Crippen LogP contribution in [0.2, 0.25) is 5.15 Å². The fraction of sp³-hybridized carbons (Fsp3) is 0.500. The van der Waals surface area contributed by atoms with Crippen molar-refractivity contribution in [1.29, 1.82) is 0 Å². The number of hydrogen-bond acceptors (Lipinski definition) is 6. The molecule has 0 aromatic carbocycles. The Morgan fingerprint density at radius 3 is 2.77 bits per heavy atom. The number of carbonyl (C=O) groups excluding carboxylic acids is 1. The lowest BCUT2D eigenvalue weighted by Gasteiger charge is -2.23. The molecular formula is C18H20ClF2N3O4S2. The van der Waals surface area contributed by atoms with Crippen molar-refractivity contribution in [2.45, 2.75) is 26.2 Å². The van der Waals surface area contributed by atoms with Crippen molar-refractivity contribution in [3.63, 3.8) is 0 Å². The van der Waals surface area contributed by atoms with Crippen molar-refractivity contribution in [2.75, 3.05) is 23.0 Å². The number of carbonyl (C=O) groups is 1. The van der Waals surface area contributed by atoms with E-state index in [1.54, 1.807) is 19.1 Å². The zero-order valence-electron chi connectivity index (χ0n) is 16.2. The largest absolute Gasteiger partial charge is 0.619 e. The summed E-state index contributed by atoms with van der Waals surface area (Å²) in [7, 11) is -3.82. The number of sulfone groups is 1. The van der Waals surface area contributed by atoms with Gasteiger partial charge in [-0.05, 0) is 13.0 Å². The molecule has 2 unspecified atom stereocenters. The molecule has 1 fully saturated rings. The Hall–Kier alpha value is -1.85. The lowest BCUT2D eigenvalue weighted by molar-refractivity contribution is -0.604. The van der Waals surface area contributed by atoms with Gasteiger partial charge < -0.3 is 10.1 Å². The fourth-order valence-corrected chi connectivity index (χ4v) is 6.49. The molecule has 0 N–H and O–H groups in total. The molecule has 1 aliphatic rings. The van der Waals surface area contributed by atoms with Gasteiger partial charge in [0.05, 0.1) is 17.1 Å². The van der Waals surface area contributed by atoms with E-state index < -0.39 is 51.4 Å². The van der Waals surface area contributed by atoms with Crippen molar-refractivity contribution in [1.82, 2.24) is 4.98 Å². The Morgan fingerprint density at radius 1 is 1.53 bits per heavy atom. The first-order chi connectivity index (χ1) is 13.9. The van der Waals surface area contributed by atoms with Gasteiger partial charge >= 0.3 is 0 Å². The van der Waals surface area contributed by atoms with Gasteiger partial charge in [-0.3, -0.25) is 4.79 Å². The summed E-state index contributed by atoms with van der Waals surface area (Å²) in [6.45, 7) is 3.36. The number of rotatable bonds is 8. The van der Waals surface area contributed by atoms with E-state index in [1.165, 1.54) is 24.2 Å². The van der Waals surface area contributed by atoms with Crippen LogP contribution < -0.4 is 9.63 Å². The monoisotopic (exact) mass is 479 g/mol. The summed E-state index contributed by atoms with van der Waals surface area (Å²) in [6, 6.07) is 3.23. The number of amides is 1. The summed E-state index contributed by atoms with van der Waals surface area (Å²) in [6.07, 6.45) is 2.21. The molecule has 0 radical (unpaired) electrons. The third kappa shape index (κ3) is 5.06. The topological polar surface area (TPSA) is 94.3 Å². The van der Waals surface area contributed by atoms with Gasteiger partial charge in [0, 0.05) is 30.9 Å². The highest BCUT2D eigenvalue weighted by molar-refractivity contribution is 7.91. The van der Waals surface area contributed by atoms with Crippen molar-refractivity contribution < 1.29 is 26.7 Å². The Kier molecular flexibility index (Phi) is 6.35. The molecule has 3 rings (SSSR count). The average Bonchev–Trinajstić information content (AvgIpc) is 3.05. The zero-order chi connectivity index (χ0) is 22.3. The van der Waals surface area contributed by atoms with Gasteiger partial charge in [-0.2, -0.15) is 4.73 Å². The van der Waals surface area contributed by atoms with Crippen LogP contribution in [-0.2, 0) is 14.6 Å². The molecule has 2 heterocycles. The molecule has 30 heavy (non-hydrogen) atoms. The summed E-state index contributed by atoms with van der Waals surface area (Å²) < 4.78 is 51.2. The number of pyridine rings is 1. The second kappa shape index (κ2) is 8.35. The highest BCUT2D eigenvalue weighted by atomic mass is 35.5. The standard InChI is InChI=1S/C18H20ClF2N3O4S2/c1-3-24(16(25)11(2)9-30(27,28)10-13-7-18(13,20)21)17-14(19)22-15(29-17)12-5-4-6-23(26)8-12/h4-6,8,11,13H,3,7,9-10H2,1-2H3. The minimum Gasteiger partial charge on any atom is -0.619 e. The van der Waals surface area contributed by atoms with Crippen LogP contribution in [0.1, 0.15) is 20.3 Å². The predicted molar refractivity (Wildman–Crippen MR) is 110 cm³/mol. The number of anilines is 1. The first-order valence-electron chi connectivity index (χ1n) is 9.18. The Bertz CT molecular complexity index is 1060. The van der Waals surface area contributed by atoms with Gasteiger partial charge in [0.15, 0.2) is 27.4 Å². The van der Waals surface area contributed by atoms with E-state index in [0.717, 1.165) is 11.3 Å². The minimum absolute atomic E-state index is 0.0548. The number of alkyl halides is 2. The van der Waals surface area contributed by atoms with Crippen LogP contribution in [0.3, 0.4) is 0 Å². The second-order valence-electron chi connectivity index (χ2n) is 7.29. The maximum absolute atomic E-state index is 13.1. The summed E-state index contributed by atoms with van der Waals surface area (Å²) >= 11 is 7.32. The SMILES string of the molecule is CCN(C(=O)C(C)CS(=O)(=O)CC1CC1(F)F)c1sc(-c2ccc[n+]([O-])c2)nc1Cl. The van der Waals surface area contributed by atoms with Crippen molar-refractivity contribution in [2.24, 2.45) is 11.8 Å². The average molecular weight is 480 g/mol. The van der Waals surface area contributed by atoms with Crippen molar-refractivity contribution in [3.8, 4) is 10.6 Å². The molecular weight excluding hydrogens is 460 g/mol. The van der Waals surface area contributed by atoms with Crippen LogP contribution in [-0.4, -0.2) is 43.3 Å². The van der Waals surface area contributed by atoms with Gasteiger partial charge in [0.2, 0.25) is 5.91 Å². The number of halogens is 3. The number of thiazole rings is 1. The van der Waals surface area contributed by atoms with E-state index in [0.29, 0.717) is 20.3 Å². The van der Waals surface area contributed by atoms with Gasteiger partial charge in [0.25, 0.3) is 5.92 Å².